The van der Waals surface area contributed by atoms with Crippen molar-refractivity contribution in [3.05, 3.63) is 23.0 Å². The minimum atomic E-state index is 0.0404. The van der Waals surface area contributed by atoms with Crippen LogP contribution in [0.5, 0.6) is 0 Å². The van der Waals surface area contributed by atoms with Gasteiger partial charge in [-0.3, -0.25) is 4.79 Å². The molecule has 25 heavy (non-hydrogen) atoms. The summed E-state index contributed by atoms with van der Waals surface area (Å²) in [5, 5.41) is 8.39. The van der Waals surface area contributed by atoms with Gasteiger partial charge in [-0.05, 0) is 62.8 Å². The van der Waals surface area contributed by atoms with E-state index in [0.29, 0.717) is 29.5 Å². The normalized spacial score (nSPS) is 20.4. The number of hydrogen-bond acceptors (Lipinski definition) is 4. The molecule has 1 amide bonds. The van der Waals surface area contributed by atoms with Crippen LogP contribution in [0, 0.1) is 11.8 Å². The number of carbonyl (C=O) groups excluding carboxylic acids is 1. The number of nitrogens with one attached hydrogen (secondary N) is 1. The van der Waals surface area contributed by atoms with E-state index in [0.717, 1.165) is 48.0 Å². The Morgan fingerprint density at radius 3 is 2.56 bits per heavy atom. The van der Waals surface area contributed by atoms with Crippen molar-refractivity contribution < 1.29 is 9.32 Å². The molecule has 2 aromatic rings. The highest BCUT2D eigenvalue weighted by Gasteiger charge is 2.42. The van der Waals surface area contributed by atoms with Crippen LogP contribution in [0.15, 0.2) is 10.6 Å². The molecule has 0 spiro atoms. The number of hydrogen-bond donors (Lipinski definition) is 1. The van der Waals surface area contributed by atoms with Crippen molar-refractivity contribution in [3.8, 4) is 0 Å². The van der Waals surface area contributed by atoms with Gasteiger partial charge in [0.25, 0.3) is 11.6 Å². The van der Waals surface area contributed by atoms with Crippen molar-refractivity contribution >= 4 is 17.0 Å². The lowest BCUT2D eigenvalue weighted by molar-refractivity contribution is 0.0927. The van der Waals surface area contributed by atoms with Gasteiger partial charge in [0.2, 0.25) is 0 Å². The van der Waals surface area contributed by atoms with Gasteiger partial charge >= 0.3 is 0 Å². The Bertz CT molecular complexity index is 804. The number of amides is 1. The highest BCUT2D eigenvalue weighted by Crippen LogP contribution is 2.45. The van der Waals surface area contributed by atoms with E-state index in [4.69, 9.17) is 4.52 Å². The summed E-state index contributed by atoms with van der Waals surface area (Å²) in [6.07, 6.45) is 9.13. The second kappa shape index (κ2) is 5.82. The molecule has 2 heterocycles. The van der Waals surface area contributed by atoms with Gasteiger partial charge in [-0.25, -0.2) is 4.98 Å². The summed E-state index contributed by atoms with van der Waals surface area (Å²) in [5.41, 5.74) is 3.12. The third-order valence-corrected chi connectivity index (χ3v) is 5.82. The number of fused-ring (bicyclic) bond motifs is 1. The molecule has 0 bridgehead atoms. The molecule has 132 valence electrons. The monoisotopic (exact) mass is 339 g/mol. The molecule has 3 aliphatic rings. The quantitative estimate of drug-likeness (QED) is 0.829. The van der Waals surface area contributed by atoms with Gasteiger partial charge in [0, 0.05) is 17.7 Å². The average Bonchev–Trinajstić information content (AvgIpc) is 3.47. The third kappa shape index (κ3) is 2.94. The fourth-order valence-electron chi connectivity index (χ4n) is 3.96. The fraction of sp³-hybridized carbons (Fsp3) is 0.650. The lowest BCUT2D eigenvalue weighted by Gasteiger charge is -2.18. The van der Waals surface area contributed by atoms with Crippen molar-refractivity contribution in [3.63, 3.8) is 0 Å². The number of nitrogens with zero attached hydrogens (tertiary/aromatic N) is 2. The summed E-state index contributed by atoms with van der Waals surface area (Å²) >= 11 is 0. The van der Waals surface area contributed by atoms with Crippen LogP contribution in [-0.4, -0.2) is 22.1 Å². The van der Waals surface area contributed by atoms with Crippen LogP contribution in [-0.2, 0) is 6.42 Å². The van der Waals surface area contributed by atoms with Crippen LogP contribution in [0.3, 0.4) is 0 Å². The molecule has 3 saturated carbocycles. The molecule has 1 N–H and O–H groups in total. The number of pyridine rings is 1. The lowest BCUT2D eigenvalue weighted by atomic mass is 10.0. The van der Waals surface area contributed by atoms with Gasteiger partial charge in [-0.2, -0.15) is 0 Å². The van der Waals surface area contributed by atoms with Gasteiger partial charge in [0.15, 0.2) is 0 Å². The highest BCUT2D eigenvalue weighted by atomic mass is 16.5. The molecule has 0 aromatic carbocycles. The minimum absolute atomic E-state index is 0.0404. The van der Waals surface area contributed by atoms with E-state index in [1.54, 1.807) is 0 Å². The maximum Gasteiger partial charge on any atom is 0.259 e. The molecule has 5 heteroatoms. The minimum Gasteiger partial charge on any atom is -0.349 e. The first-order valence-corrected chi connectivity index (χ1v) is 9.84. The second-order valence-corrected chi connectivity index (χ2v) is 8.10. The molecule has 0 unspecified atom stereocenters. The van der Waals surface area contributed by atoms with E-state index in [9.17, 15) is 4.79 Å². The average molecular weight is 339 g/mol. The largest absolute Gasteiger partial charge is 0.349 e. The van der Waals surface area contributed by atoms with E-state index in [1.165, 1.54) is 25.7 Å². The number of carbonyl (C=O) groups is 1. The van der Waals surface area contributed by atoms with Gasteiger partial charge in [-0.1, -0.05) is 18.5 Å². The van der Waals surface area contributed by atoms with Crippen LogP contribution in [0.4, 0.5) is 0 Å². The Morgan fingerprint density at radius 2 is 1.96 bits per heavy atom. The SMILES string of the molecule is CCCc1noc2nc(C3CC3)cc(C(=O)NC(C3CC3)C3CC3)c12. The standard InChI is InChI=1S/C20H25N3O2/c1-2-3-15-17-14(10-16(11-4-5-11)21-20(17)25-23-15)19(24)22-18(12-6-7-12)13-8-9-13/h10-13,18H,2-9H2,1H3,(H,22,24). The Labute approximate surface area is 147 Å². The molecular weight excluding hydrogens is 314 g/mol. The van der Waals surface area contributed by atoms with E-state index in [2.05, 4.69) is 22.4 Å². The van der Waals surface area contributed by atoms with Crippen LogP contribution < -0.4 is 5.32 Å². The van der Waals surface area contributed by atoms with Gasteiger partial charge in [-0.15, -0.1) is 0 Å². The second-order valence-electron chi connectivity index (χ2n) is 8.10. The summed E-state index contributed by atoms with van der Waals surface area (Å²) in [7, 11) is 0. The van der Waals surface area contributed by atoms with Crippen LogP contribution in [0.2, 0.25) is 0 Å². The maximum atomic E-state index is 13.2. The molecule has 3 aliphatic carbocycles. The zero-order chi connectivity index (χ0) is 17.0. The zero-order valence-corrected chi connectivity index (χ0v) is 14.8. The first kappa shape index (κ1) is 15.4. The first-order valence-electron chi connectivity index (χ1n) is 9.84. The molecule has 5 nitrogen and oxygen atoms in total. The van der Waals surface area contributed by atoms with E-state index >= 15 is 0 Å². The summed E-state index contributed by atoms with van der Waals surface area (Å²) in [5.74, 6) is 1.90. The molecule has 0 radical (unpaired) electrons. The highest BCUT2D eigenvalue weighted by molar-refractivity contribution is 6.06. The van der Waals surface area contributed by atoms with Crippen molar-refractivity contribution in [1.29, 1.82) is 0 Å². The molecule has 0 saturated heterocycles. The maximum absolute atomic E-state index is 13.2. The van der Waals surface area contributed by atoms with Crippen LogP contribution >= 0.6 is 0 Å². The molecule has 0 aliphatic heterocycles. The zero-order valence-electron chi connectivity index (χ0n) is 14.8. The Kier molecular flexibility index (Phi) is 3.57. The van der Waals surface area contributed by atoms with Gasteiger partial charge in [0.05, 0.1) is 16.6 Å². The first-order chi connectivity index (χ1) is 12.2. The molecule has 0 atom stereocenters. The van der Waals surface area contributed by atoms with Crippen LogP contribution in [0.25, 0.3) is 11.1 Å². The van der Waals surface area contributed by atoms with Crippen LogP contribution in [0.1, 0.15) is 79.5 Å². The van der Waals surface area contributed by atoms with Gasteiger partial charge < -0.3 is 9.84 Å². The predicted molar refractivity (Wildman–Crippen MR) is 94.5 cm³/mol. The Morgan fingerprint density at radius 1 is 1.24 bits per heavy atom. The molecule has 3 fully saturated rings. The Hall–Kier alpha value is -1.91. The summed E-state index contributed by atoms with van der Waals surface area (Å²) in [6.45, 7) is 2.11. The number of aromatic nitrogens is 2. The molecule has 5 rings (SSSR count). The van der Waals surface area contributed by atoms with E-state index < -0.39 is 0 Å². The van der Waals surface area contributed by atoms with Crippen molar-refractivity contribution in [2.75, 3.05) is 0 Å². The van der Waals surface area contributed by atoms with E-state index in [1.807, 2.05) is 6.07 Å². The van der Waals surface area contributed by atoms with Crippen molar-refractivity contribution in [2.45, 2.75) is 70.3 Å². The van der Waals surface area contributed by atoms with E-state index in [-0.39, 0.29) is 5.91 Å². The summed E-state index contributed by atoms with van der Waals surface area (Å²) in [4.78, 5) is 17.8. The fourth-order valence-corrected chi connectivity index (χ4v) is 3.96. The van der Waals surface area contributed by atoms with Crippen molar-refractivity contribution in [2.24, 2.45) is 11.8 Å². The topological polar surface area (TPSA) is 68.0 Å². The Balaban J connectivity index is 1.52. The van der Waals surface area contributed by atoms with Crippen molar-refractivity contribution in [1.82, 2.24) is 15.5 Å². The lowest BCUT2D eigenvalue weighted by Crippen LogP contribution is -2.38. The van der Waals surface area contributed by atoms with Gasteiger partial charge in [0.1, 0.15) is 0 Å². The predicted octanol–water partition coefficient (Wildman–Crippen LogP) is 3.97. The summed E-state index contributed by atoms with van der Waals surface area (Å²) in [6, 6.07) is 2.36. The smallest absolute Gasteiger partial charge is 0.259 e. The summed E-state index contributed by atoms with van der Waals surface area (Å²) < 4.78 is 5.49. The number of aryl methyl sites for hydroxylation is 1. The third-order valence-electron chi connectivity index (χ3n) is 5.82. The molecule has 2 aromatic heterocycles. The molecular formula is C20H25N3O2. The number of rotatable bonds is 7.